The molecule has 0 bridgehead atoms. The lowest BCUT2D eigenvalue weighted by atomic mass is 10.1. The van der Waals surface area contributed by atoms with Crippen molar-refractivity contribution in [1.29, 1.82) is 0 Å². The largest absolute Gasteiger partial charge is 0.497 e. The van der Waals surface area contributed by atoms with Crippen molar-refractivity contribution in [2.24, 2.45) is 5.73 Å². The highest BCUT2D eigenvalue weighted by Crippen LogP contribution is 2.30. The fourth-order valence-corrected chi connectivity index (χ4v) is 2.10. The Morgan fingerprint density at radius 1 is 1.20 bits per heavy atom. The third-order valence-corrected chi connectivity index (χ3v) is 3.27. The molecule has 0 aliphatic carbocycles. The first-order valence-corrected chi connectivity index (χ1v) is 6.41. The van der Waals surface area contributed by atoms with Gasteiger partial charge in [-0.2, -0.15) is 0 Å². The number of methoxy groups -OCH3 is 1. The quantitative estimate of drug-likeness (QED) is 0.877. The van der Waals surface area contributed by atoms with Crippen LogP contribution in [0.3, 0.4) is 0 Å². The van der Waals surface area contributed by atoms with Crippen LogP contribution in [0.4, 0.5) is 15.8 Å². The van der Waals surface area contributed by atoms with Gasteiger partial charge in [-0.05, 0) is 36.4 Å². The first-order chi connectivity index (χ1) is 9.52. The average Bonchev–Trinajstić information content (AvgIpc) is 2.46. The molecule has 3 nitrogen and oxygen atoms in total. The van der Waals surface area contributed by atoms with Crippen molar-refractivity contribution >= 4 is 28.6 Å². The molecule has 0 atom stereocenters. The van der Waals surface area contributed by atoms with E-state index in [1.54, 1.807) is 25.3 Å². The summed E-state index contributed by atoms with van der Waals surface area (Å²) in [6, 6.07) is 11.7. The molecule has 2 rings (SSSR count). The Labute approximate surface area is 122 Å². The lowest BCUT2D eigenvalue weighted by molar-refractivity contribution is 0.415. The first-order valence-electron chi connectivity index (χ1n) is 6.00. The molecule has 0 radical (unpaired) electrons. The van der Waals surface area contributed by atoms with Crippen molar-refractivity contribution in [1.82, 2.24) is 0 Å². The van der Waals surface area contributed by atoms with Crippen molar-refractivity contribution in [3.8, 4) is 5.75 Å². The second-order valence-corrected chi connectivity index (χ2v) is 4.72. The van der Waals surface area contributed by atoms with Gasteiger partial charge in [0.2, 0.25) is 0 Å². The Balaban J connectivity index is 2.48. The molecule has 2 aromatic rings. The number of benzene rings is 2. The summed E-state index contributed by atoms with van der Waals surface area (Å²) in [5.74, 6) is 0.427. The molecule has 104 valence electrons. The van der Waals surface area contributed by atoms with Gasteiger partial charge in [0.15, 0.2) is 0 Å². The highest BCUT2D eigenvalue weighted by Gasteiger charge is 2.12. The Morgan fingerprint density at radius 3 is 2.40 bits per heavy atom. The van der Waals surface area contributed by atoms with Crippen molar-refractivity contribution in [2.75, 3.05) is 19.1 Å². The van der Waals surface area contributed by atoms with Crippen LogP contribution in [0.1, 0.15) is 5.56 Å². The van der Waals surface area contributed by atoms with Crippen LogP contribution in [0, 0.1) is 5.82 Å². The van der Waals surface area contributed by atoms with Gasteiger partial charge < -0.3 is 15.4 Å². The minimum Gasteiger partial charge on any atom is -0.497 e. The van der Waals surface area contributed by atoms with Crippen LogP contribution in [0.15, 0.2) is 42.5 Å². The molecule has 2 N–H and O–H groups in total. The summed E-state index contributed by atoms with van der Waals surface area (Å²) < 4.78 is 18.2. The monoisotopic (exact) mass is 290 g/mol. The maximum atomic E-state index is 13.0. The summed E-state index contributed by atoms with van der Waals surface area (Å²) in [5.41, 5.74) is 8.13. The van der Waals surface area contributed by atoms with Crippen molar-refractivity contribution in [3.05, 3.63) is 53.8 Å². The standard InChI is InChI=1S/C15H15FN2OS/c1-18(11-5-3-10(16)4-6-11)14-9-12(19-2)7-8-13(14)15(17)20/h3-9H,1-2H3,(H2,17,20). The van der Waals surface area contributed by atoms with Gasteiger partial charge in [0.1, 0.15) is 16.6 Å². The lowest BCUT2D eigenvalue weighted by Gasteiger charge is -2.23. The Bertz CT molecular complexity index is 628. The van der Waals surface area contributed by atoms with Gasteiger partial charge in [0.25, 0.3) is 0 Å². The van der Waals surface area contributed by atoms with Gasteiger partial charge in [0, 0.05) is 24.4 Å². The summed E-state index contributed by atoms with van der Waals surface area (Å²) in [7, 11) is 3.46. The van der Waals surface area contributed by atoms with Crippen LogP contribution >= 0.6 is 12.2 Å². The number of hydrogen-bond acceptors (Lipinski definition) is 3. The molecule has 0 aromatic heterocycles. The minimum atomic E-state index is -0.276. The van der Waals surface area contributed by atoms with Gasteiger partial charge in [-0.25, -0.2) is 4.39 Å². The molecule has 0 saturated carbocycles. The molecule has 20 heavy (non-hydrogen) atoms. The highest BCUT2D eigenvalue weighted by molar-refractivity contribution is 7.80. The van der Waals surface area contributed by atoms with E-state index in [-0.39, 0.29) is 5.82 Å². The third-order valence-electron chi connectivity index (χ3n) is 3.05. The lowest BCUT2D eigenvalue weighted by Crippen LogP contribution is -2.17. The summed E-state index contributed by atoms with van der Waals surface area (Å²) in [5, 5.41) is 0. The van der Waals surface area contributed by atoms with Gasteiger partial charge >= 0.3 is 0 Å². The van der Waals surface area contributed by atoms with E-state index in [1.165, 1.54) is 12.1 Å². The molecule has 0 amide bonds. The number of ether oxygens (including phenoxy) is 1. The molecule has 2 aromatic carbocycles. The predicted molar refractivity (Wildman–Crippen MR) is 83.3 cm³/mol. The van der Waals surface area contributed by atoms with Gasteiger partial charge in [-0.15, -0.1) is 0 Å². The maximum absolute atomic E-state index is 13.0. The molecule has 0 heterocycles. The summed E-state index contributed by atoms with van der Waals surface area (Å²) in [4.78, 5) is 2.19. The first kappa shape index (κ1) is 14.3. The average molecular weight is 290 g/mol. The van der Waals surface area contributed by atoms with Crippen LogP contribution < -0.4 is 15.4 Å². The zero-order valence-electron chi connectivity index (χ0n) is 11.3. The van der Waals surface area contributed by atoms with E-state index < -0.39 is 0 Å². The van der Waals surface area contributed by atoms with Crippen molar-refractivity contribution in [3.63, 3.8) is 0 Å². The number of nitrogens with two attached hydrogens (primary N) is 1. The van der Waals surface area contributed by atoms with Crippen molar-refractivity contribution in [2.45, 2.75) is 0 Å². The fourth-order valence-electron chi connectivity index (χ4n) is 1.93. The molecule has 0 unspecified atom stereocenters. The number of thiocarbonyl (C=S) groups is 1. The van der Waals surface area contributed by atoms with Gasteiger partial charge in [-0.1, -0.05) is 12.2 Å². The molecular formula is C15H15FN2OS. The fraction of sp³-hybridized carbons (Fsp3) is 0.133. The number of anilines is 2. The van der Waals surface area contributed by atoms with E-state index in [1.807, 2.05) is 24.1 Å². The molecule has 0 saturated heterocycles. The van der Waals surface area contributed by atoms with Crippen LogP contribution in [0.2, 0.25) is 0 Å². The van der Waals surface area contributed by atoms with E-state index in [9.17, 15) is 4.39 Å². The van der Waals surface area contributed by atoms with Crippen LogP contribution in [-0.4, -0.2) is 19.1 Å². The molecule has 0 fully saturated rings. The van der Waals surface area contributed by atoms with Crippen molar-refractivity contribution < 1.29 is 9.13 Å². The van der Waals surface area contributed by atoms with E-state index in [0.29, 0.717) is 10.7 Å². The SMILES string of the molecule is COc1ccc(C(N)=S)c(N(C)c2ccc(F)cc2)c1. The number of nitrogens with zero attached hydrogens (tertiary/aromatic N) is 1. The van der Waals surface area contributed by atoms with Crippen LogP contribution in [0.25, 0.3) is 0 Å². The zero-order valence-corrected chi connectivity index (χ0v) is 12.1. The van der Waals surface area contributed by atoms with E-state index in [4.69, 9.17) is 22.7 Å². The Hall–Kier alpha value is -2.14. The summed E-state index contributed by atoms with van der Waals surface area (Å²) >= 11 is 5.07. The minimum absolute atomic E-state index is 0.276. The molecule has 0 aliphatic heterocycles. The second kappa shape index (κ2) is 5.88. The summed E-state index contributed by atoms with van der Waals surface area (Å²) in [6.45, 7) is 0. The van der Waals surface area contributed by atoms with Crippen LogP contribution in [0.5, 0.6) is 5.75 Å². The number of hydrogen-bond donors (Lipinski definition) is 1. The molecule has 5 heteroatoms. The summed E-state index contributed by atoms with van der Waals surface area (Å²) in [6.07, 6.45) is 0. The third kappa shape index (κ3) is 2.88. The highest BCUT2D eigenvalue weighted by atomic mass is 32.1. The smallest absolute Gasteiger partial charge is 0.123 e. The Morgan fingerprint density at radius 2 is 1.85 bits per heavy atom. The number of rotatable bonds is 4. The van der Waals surface area contributed by atoms with E-state index in [0.717, 1.165) is 16.9 Å². The van der Waals surface area contributed by atoms with E-state index >= 15 is 0 Å². The molecule has 0 spiro atoms. The number of halogens is 1. The van der Waals surface area contributed by atoms with Gasteiger partial charge in [-0.3, -0.25) is 0 Å². The molecule has 0 aliphatic rings. The maximum Gasteiger partial charge on any atom is 0.123 e. The van der Waals surface area contributed by atoms with E-state index in [2.05, 4.69) is 0 Å². The normalized spacial score (nSPS) is 10.2. The van der Waals surface area contributed by atoms with Crippen LogP contribution in [-0.2, 0) is 0 Å². The predicted octanol–water partition coefficient (Wildman–Crippen LogP) is 3.24. The topological polar surface area (TPSA) is 38.5 Å². The Kier molecular flexibility index (Phi) is 4.20. The van der Waals surface area contributed by atoms with Gasteiger partial charge in [0.05, 0.1) is 12.8 Å². The zero-order chi connectivity index (χ0) is 14.7. The second-order valence-electron chi connectivity index (χ2n) is 4.28. The molecular weight excluding hydrogens is 275 g/mol.